The van der Waals surface area contributed by atoms with Gasteiger partial charge >= 0.3 is 0 Å². The van der Waals surface area contributed by atoms with Crippen LogP contribution in [0.4, 0.5) is 5.69 Å². The average molecular weight is 240 g/mol. The summed E-state index contributed by atoms with van der Waals surface area (Å²) in [5.74, 6) is -0.231. The Hall–Kier alpha value is -1.56. The van der Waals surface area contributed by atoms with Crippen LogP contribution in [0.5, 0.6) is 0 Å². The van der Waals surface area contributed by atoms with E-state index in [0.29, 0.717) is 24.5 Å². The number of carbonyl (C=O) groups excluding carboxylic acids is 1. The maximum absolute atomic E-state index is 11.8. The number of methoxy groups -OCH3 is 1. The lowest BCUT2D eigenvalue weighted by atomic mass is 9.89. The van der Waals surface area contributed by atoms with Crippen molar-refractivity contribution in [2.24, 2.45) is 5.41 Å². The molecule has 6 nitrogen and oxygen atoms in total. The maximum atomic E-state index is 11.8. The number of hydrogen-bond donors (Lipinski definition) is 3. The summed E-state index contributed by atoms with van der Waals surface area (Å²) in [6.07, 6.45) is 2.30. The molecule has 0 bridgehead atoms. The highest BCUT2D eigenvalue weighted by molar-refractivity contribution is 5.96. The summed E-state index contributed by atoms with van der Waals surface area (Å²) >= 11 is 0. The van der Waals surface area contributed by atoms with E-state index in [2.05, 4.69) is 29.4 Å². The Morgan fingerprint density at radius 3 is 2.88 bits per heavy atom. The quantitative estimate of drug-likeness (QED) is 0.685. The van der Waals surface area contributed by atoms with Gasteiger partial charge < -0.3 is 15.8 Å². The van der Waals surface area contributed by atoms with E-state index in [1.165, 1.54) is 6.20 Å². The largest absolute Gasteiger partial charge is 0.396 e. The molecule has 0 radical (unpaired) electrons. The number of nitrogens with one attached hydrogen (secondary N) is 2. The fourth-order valence-electron chi connectivity index (χ4n) is 1.35. The Morgan fingerprint density at radius 2 is 2.35 bits per heavy atom. The van der Waals surface area contributed by atoms with Crippen LogP contribution in [0.1, 0.15) is 30.8 Å². The number of carbonyl (C=O) groups is 1. The molecule has 0 spiro atoms. The van der Waals surface area contributed by atoms with Crippen LogP contribution in [-0.2, 0) is 4.74 Å². The normalized spacial score (nSPS) is 11.5. The van der Waals surface area contributed by atoms with Crippen molar-refractivity contribution >= 4 is 11.6 Å². The third-order valence-electron chi connectivity index (χ3n) is 2.61. The van der Waals surface area contributed by atoms with Crippen molar-refractivity contribution in [3.05, 3.63) is 11.9 Å². The summed E-state index contributed by atoms with van der Waals surface area (Å²) in [4.78, 5) is 11.8. The van der Waals surface area contributed by atoms with Gasteiger partial charge in [-0.2, -0.15) is 5.10 Å². The molecular formula is C11H20N4O2. The fraction of sp³-hybridized carbons (Fsp3) is 0.636. The van der Waals surface area contributed by atoms with Gasteiger partial charge in [0.1, 0.15) is 5.69 Å². The molecule has 0 aliphatic rings. The third kappa shape index (κ3) is 4.07. The second kappa shape index (κ2) is 5.67. The molecule has 0 saturated heterocycles. The van der Waals surface area contributed by atoms with Crippen molar-refractivity contribution in [2.75, 3.05) is 26.0 Å². The average Bonchev–Trinajstić information content (AvgIpc) is 2.70. The van der Waals surface area contributed by atoms with Crippen molar-refractivity contribution in [3.63, 3.8) is 0 Å². The molecule has 0 fully saturated rings. The van der Waals surface area contributed by atoms with E-state index < -0.39 is 0 Å². The fourth-order valence-corrected chi connectivity index (χ4v) is 1.35. The summed E-state index contributed by atoms with van der Waals surface area (Å²) in [6, 6.07) is 0. The molecule has 1 heterocycles. The molecule has 1 aromatic heterocycles. The lowest BCUT2D eigenvalue weighted by Gasteiger charge is -2.24. The highest BCUT2D eigenvalue weighted by Gasteiger charge is 2.20. The van der Waals surface area contributed by atoms with Crippen LogP contribution in [-0.4, -0.2) is 36.4 Å². The highest BCUT2D eigenvalue weighted by atomic mass is 16.5. The number of nitrogen functional groups attached to an aromatic ring is 1. The Labute approximate surface area is 101 Å². The van der Waals surface area contributed by atoms with Gasteiger partial charge in [0.15, 0.2) is 0 Å². The smallest absolute Gasteiger partial charge is 0.271 e. The van der Waals surface area contributed by atoms with Crippen molar-refractivity contribution in [2.45, 2.75) is 20.3 Å². The number of rotatable bonds is 6. The molecular weight excluding hydrogens is 220 g/mol. The van der Waals surface area contributed by atoms with E-state index in [-0.39, 0.29) is 11.3 Å². The third-order valence-corrected chi connectivity index (χ3v) is 2.61. The SMILES string of the molecule is COCCC(C)(C)CNC(=O)c1[nH]ncc1N. The number of ether oxygens (including phenoxy) is 1. The minimum absolute atomic E-state index is 0.0134. The van der Waals surface area contributed by atoms with Crippen molar-refractivity contribution < 1.29 is 9.53 Å². The zero-order chi connectivity index (χ0) is 12.9. The summed E-state index contributed by atoms with van der Waals surface area (Å²) in [7, 11) is 1.67. The molecule has 0 atom stereocenters. The minimum Gasteiger partial charge on any atom is -0.396 e. The van der Waals surface area contributed by atoms with E-state index in [4.69, 9.17) is 10.5 Å². The standard InChI is InChI=1S/C11H20N4O2/c1-11(2,4-5-17-3)7-13-10(16)9-8(12)6-14-15-9/h6H,4-5,7,12H2,1-3H3,(H,13,16)(H,14,15). The first-order chi connectivity index (χ1) is 7.96. The van der Waals surface area contributed by atoms with E-state index in [9.17, 15) is 4.79 Å². The first kappa shape index (κ1) is 13.5. The van der Waals surface area contributed by atoms with Crippen LogP contribution in [0.3, 0.4) is 0 Å². The molecule has 17 heavy (non-hydrogen) atoms. The van der Waals surface area contributed by atoms with Gasteiger partial charge in [-0.15, -0.1) is 0 Å². The molecule has 4 N–H and O–H groups in total. The van der Waals surface area contributed by atoms with Gasteiger partial charge in [-0.05, 0) is 11.8 Å². The molecule has 0 saturated carbocycles. The summed E-state index contributed by atoms with van der Waals surface area (Å²) < 4.78 is 5.03. The van der Waals surface area contributed by atoms with E-state index in [1.54, 1.807) is 7.11 Å². The predicted molar refractivity (Wildman–Crippen MR) is 65.6 cm³/mol. The first-order valence-electron chi connectivity index (χ1n) is 5.52. The van der Waals surface area contributed by atoms with Gasteiger partial charge in [-0.1, -0.05) is 13.8 Å². The Morgan fingerprint density at radius 1 is 1.65 bits per heavy atom. The van der Waals surface area contributed by atoms with Crippen LogP contribution >= 0.6 is 0 Å². The second-order valence-corrected chi connectivity index (χ2v) is 4.79. The lowest BCUT2D eigenvalue weighted by Crippen LogP contribution is -2.35. The van der Waals surface area contributed by atoms with Gasteiger partial charge in [0, 0.05) is 20.3 Å². The number of amides is 1. The topological polar surface area (TPSA) is 93.0 Å². The number of aromatic nitrogens is 2. The predicted octanol–water partition coefficient (Wildman–Crippen LogP) is 0.784. The molecule has 1 rings (SSSR count). The molecule has 0 aliphatic heterocycles. The summed E-state index contributed by atoms with van der Waals surface area (Å²) in [5.41, 5.74) is 6.24. The van der Waals surface area contributed by atoms with E-state index in [1.807, 2.05) is 0 Å². The van der Waals surface area contributed by atoms with Gasteiger partial charge in [-0.3, -0.25) is 9.89 Å². The van der Waals surface area contributed by atoms with E-state index in [0.717, 1.165) is 6.42 Å². The van der Waals surface area contributed by atoms with Crippen LogP contribution < -0.4 is 11.1 Å². The van der Waals surface area contributed by atoms with Crippen LogP contribution in [0, 0.1) is 5.41 Å². The molecule has 0 aromatic carbocycles. The Kier molecular flexibility index (Phi) is 4.51. The molecule has 6 heteroatoms. The lowest BCUT2D eigenvalue weighted by molar-refractivity contribution is 0.0917. The number of hydrogen-bond acceptors (Lipinski definition) is 4. The van der Waals surface area contributed by atoms with Gasteiger partial charge in [-0.25, -0.2) is 0 Å². The minimum atomic E-state index is -0.231. The van der Waals surface area contributed by atoms with Gasteiger partial charge in [0.25, 0.3) is 5.91 Å². The van der Waals surface area contributed by atoms with Crippen molar-refractivity contribution in [1.82, 2.24) is 15.5 Å². The molecule has 96 valence electrons. The molecule has 0 unspecified atom stereocenters. The monoisotopic (exact) mass is 240 g/mol. The maximum Gasteiger partial charge on any atom is 0.271 e. The molecule has 0 aliphatic carbocycles. The van der Waals surface area contributed by atoms with Crippen LogP contribution in [0.15, 0.2) is 6.20 Å². The number of anilines is 1. The summed E-state index contributed by atoms with van der Waals surface area (Å²) in [6.45, 7) is 5.38. The first-order valence-corrected chi connectivity index (χ1v) is 5.52. The summed E-state index contributed by atoms with van der Waals surface area (Å²) in [5, 5.41) is 9.11. The van der Waals surface area contributed by atoms with Crippen molar-refractivity contribution in [1.29, 1.82) is 0 Å². The highest BCUT2D eigenvalue weighted by Crippen LogP contribution is 2.19. The Balaban J connectivity index is 2.45. The van der Waals surface area contributed by atoms with Crippen LogP contribution in [0.2, 0.25) is 0 Å². The zero-order valence-electron chi connectivity index (χ0n) is 10.5. The number of nitrogens with zero attached hydrogens (tertiary/aromatic N) is 1. The molecule has 1 amide bonds. The zero-order valence-corrected chi connectivity index (χ0v) is 10.5. The van der Waals surface area contributed by atoms with Crippen LogP contribution in [0.25, 0.3) is 0 Å². The Bertz CT molecular complexity index is 373. The van der Waals surface area contributed by atoms with Gasteiger partial charge in [0.05, 0.1) is 11.9 Å². The molecule has 1 aromatic rings. The van der Waals surface area contributed by atoms with Crippen molar-refractivity contribution in [3.8, 4) is 0 Å². The second-order valence-electron chi connectivity index (χ2n) is 4.79. The number of H-pyrrole nitrogens is 1. The number of aromatic amines is 1. The number of nitrogens with two attached hydrogens (primary N) is 1. The van der Waals surface area contributed by atoms with E-state index >= 15 is 0 Å². The van der Waals surface area contributed by atoms with Gasteiger partial charge in [0.2, 0.25) is 0 Å².